The zero-order valence-corrected chi connectivity index (χ0v) is 15.4. The van der Waals surface area contributed by atoms with Crippen LogP contribution in [0.2, 0.25) is 5.02 Å². The number of amides is 1. The molecule has 1 aliphatic rings. The van der Waals surface area contributed by atoms with Gasteiger partial charge in [-0.2, -0.15) is 0 Å². The Morgan fingerprint density at radius 1 is 1.50 bits per heavy atom. The highest BCUT2D eigenvalue weighted by molar-refractivity contribution is 6.32. The van der Waals surface area contributed by atoms with Crippen molar-refractivity contribution in [3.05, 3.63) is 28.8 Å². The summed E-state index contributed by atoms with van der Waals surface area (Å²) in [4.78, 5) is 14.5. The van der Waals surface area contributed by atoms with Crippen LogP contribution in [0, 0.1) is 0 Å². The summed E-state index contributed by atoms with van der Waals surface area (Å²) in [6.07, 6.45) is 2.43. The molecule has 5 nitrogen and oxygen atoms in total. The molecule has 2 N–H and O–H groups in total. The average molecular weight is 355 g/mol. The quantitative estimate of drug-likeness (QED) is 0.797. The third-order valence-electron chi connectivity index (χ3n) is 4.32. The minimum atomic E-state index is -0.199. The number of carbonyl (C=O) groups is 1. The molecular formula is C18H27ClN2O3. The van der Waals surface area contributed by atoms with Gasteiger partial charge < -0.3 is 20.1 Å². The Morgan fingerprint density at radius 3 is 2.88 bits per heavy atom. The molecule has 0 saturated carbocycles. The highest BCUT2D eigenvalue weighted by atomic mass is 35.5. The largest absolute Gasteiger partial charge is 0.492 e. The van der Waals surface area contributed by atoms with Gasteiger partial charge in [-0.15, -0.1) is 0 Å². The molecule has 0 bridgehead atoms. The minimum absolute atomic E-state index is 0.0342. The highest BCUT2D eigenvalue weighted by Gasteiger charge is 2.33. The number of ether oxygens (including phenoxy) is 2. The first-order valence-electron chi connectivity index (χ1n) is 8.37. The topological polar surface area (TPSA) is 64.8 Å². The van der Waals surface area contributed by atoms with E-state index in [4.69, 9.17) is 26.8 Å². The first-order valence-corrected chi connectivity index (χ1v) is 8.75. The Hall–Kier alpha value is -1.30. The van der Waals surface area contributed by atoms with E-state index < -0.39 is 0 Å². The third kappa shape index (κ3) is 4.85. The second kappa shape index (κ2) is 8.19. The molecule has 1 saturated heterocycles. The molecule has 2 rings (SSSR count). The minimum Gasteiger partial charge on any atom is -0.492 e. The van der Waals surface area contributed by atoms with Gasteiger partial charge in [-0.25, -0.2) is 0 Å². The molecule has 0 aromatic heterocycles. The molecule has 1 heterocycles. The number of hydrogen-bond acceptors (Lipinski definition) is 4. The summed E-state index contributed by atoms with van der Waals surface area (Å²) in [5.74, 6) is 0.546. The Bertz CT molecular complexity index is 577. The zero-order valence-electron chi connectivity index (χ0n) is 14.7. The van der Waals surface area contributed by atoms with Gasteiger partial charge in [0.1, 0.15) is 5.75 Å². The van der Waals surface area contributed by atoms with E-state index in [9.17, 15) is 4.79 Å². The van der Waals surface area contributed by atoms with Crippen LogP contribution in [0.3, 0.4) is 0 Å². The molecule has 0 radical (unpaired) electrons. The summed E-state index contributed by atoms with van der Waals surface area (Å²) in [5, 5.41) is 0.443. The van der Waals surface area contributed by atoms with Gasteiger partial charge in [0.05, 0.1) is 17.2 Å². The van der Waals surface area contributed by atoms with E-state index >= 15 is 0 Å². The van der Waals surface area contributed by atoms with Crippen molar-refractivity contribution in [2.75, 3.05) is 26.8 Å². The predicted octanol–water partition coefficient (Wildman–Crippen LogP) is 3.10. The maximum atomic E-state index is 12.7. The lowest BCUT2D eigenvalue weighted by molar-refractivity contribution is -0.0756. The van der Waals surface area contributed by atoms with Crippen molar-refractivity contribution in [3.63, 3.8) is 0 Å². The first kappa shape index (κ1) is 19.0. The molecular weight excluding hydrogens is 328 g/mol. The predicted molar refractivity (Wildman–Crippen MR) is 95.8 cm³/mol. The van der Waals surface area contributed by atoms with Crippen LogP contribution in [0.25, 0.3) is 0 Å². The summed E-state index contributed by atoms with van der Waals surface area (Å²) < 4.78 is 11.3. The van der Waals surface area contributed by atoms with Crippen molar-refractivity contribution in [1.82, 2.24) is 4.90 Å². The number of halogens is 1. The highest BCUT2D eigenvalue weighted by Crippen LogP contribution is 2.29. The van der Waals surface area contributed by atoms with Gasteiger partial charge in [-0.3, -0.25) is 4.79 Å². The molecule has 1 atom stereocenters. The lowest BCUT2D eigenvalue weighted by atomic mass is 9.92. The maximum absolute atomic E-state index is 12.7. The second-order valence-corrected chi connectivity index (χ2v) is 7.21. The molecule has 6 heteroatoms. The van der Waals surface area contributed by atoms with Crippen LogP contribution in [0.5, 0.6) is 5.75 Å². The van der Waals surface area contributed by atoms with Gasteiger partial charge >= 0.3 is 0 Å². The van der Waals surface area contributed by atoms with Crippen molar-refractivity contribution < 1.29 is 14.3 Å². The number of nitrogens with two attached hydrogens (primary N) is 1. The normalized spacial score (nSPS) is 19.8. The Balaban J connectivity index is 2.04. The summed E-state index contributed by atoms with van der Waals surface area (Å²) >= 11 is 6.24. The zero-order chi connectivity index (χ0) is 17.7. The fraction of sp³-hybridized carbons (Fsp3) is 0.611. The van der Waals surface area contributed by atoms with Crippen molar-refractivity contribution in [2.24, 2.45) is 5.73 Å². The smallest absolute Gasteiger partial charge is 0.253 e. The standard InChI is InChI=1S/C18H27ClN2O3/c1-18(2)12-14(7-10-24-18)21(3)17(22)13-5-6-16(15(19)11-13)23-9-4-8-20/h5-6,11,14H,4,7-10,12,20H2,1-3H3/t14-/m0/s1. The number of rotatable bonds is 6. The third-order valence-corrected chi connectivity index (χ3v) is 4.62. The molecule has 24 heavy (non-hydrogen) atoms. The molecule has 1 fully saturated rings. The fourth-order valence-corrected chi connectivity index (χ4v) is 3.15. The van der Waals surface area contributed by atoms with E-state index in [-0.39, 0.29) is 17.6 Å². The van der Waals surface area contributed by atoms with Crippen LogP contribution >= 0.6 is 11.6 Å². The number of nitrogens with zero attached hydrogens (tertiary/aromatic N) is 1. The Labute approximate surface area is 149 Å². The van der Waals surface area contributed by atoms with Gasteiger partial charge in [0, 0.05) is 25.3 Å². The molecule has 0 spiro atoms. The van der Waals surface area contributed by atoms with E-state index in [1.54, 1.807) is 23.1 Å². The van der Waals surface area contributed by atoms with Crippen molar-refractivity contribution in [3.8, 4) is 5.75 Å². The lowest BCUT2D eigenvalue weighted by Crippen LogP contribution is -2.46. The monoisotopic (exact) mass is 354 g/mol. The number of benzene rings is 1. The number of hydrogen-bond donors (Lipinski definition) is 1. The van der Waals surface area contributed by atoms with Gasteiger partial charge in [0.2, 0.25) is 0 Å². The van der Waals surface area contributed by atoms with E-state index in [1.807, 2.05) is 7.05 Å². The van der Waals surface area contributed by atoms with Crippen molar-refractivity contribution in [1.29, 1.82) is 0 Å². The van der Waals surface area contributed by atoms with E-state index in [2.05, 4.69) is 13.8 Å². The van der Waals surface area contributed by atoms with Crippen molar-refractivity contribution in [2.45, 2.75) is 44.8 Å². The molecule has 1 aromatic rings. The van der Waals surface area contributed by atoms with Crippen LogP contribution in [0.15, 0.2) is 18.2 Å². The number of carbonyl (C=O) groups excluding carboxylic acids is 1. The van der Waals surface area contributed by atoms with Crippen molar-refractivity contribution >= 4 is 17.5 Å². The summed E-state index contributed by atoms with van der Waals surface area (Å²) in [7, 11) is 1.84. The summed E-state index contributed by atoms with van der Waals surface area (Å²) in [5.41, 5.74) is 5.81. The van der Waals surface area contributed by atoms with Crippen LogP contribution in [-0.2, 0) is 4.74 Å². The Kier molecular flexibility index (Phi) is 6.49. The fourth-order valence-electron chi connectivity index (χ4n) is 2.92. The van der Waals surface area contributed by atoms with Gasteiger partial charge in [-0.1, -0.05) is 11.6 Å². The summed E-state index contributed by atoms with van der Waals surface area (Å²) in [6.45, 7) is 5.87. The van der Waals surface area contributed by atoms with Gasteiger partial charge in [0.25, 0.3) is 5.91 Å². The average Bonchev–Trinajstić information content (AvgIpc) is 2.54. The SMILES string of the molecule is CN(C(=O)c1ccc(OCCCN)c(Cl)c1)[C@H]1CCOC(C)(C)C1. The van der Waals surface area contributed by atoms with E-state index in [0.29, 0.717) is 36.1 Å². The summed E-state index contributed by atoms with van der Waals surface area (Å²) in [6, 6.07) is 5.34. The molecule has 0 aliphatic carbocycles. The first-order chi connectivity index (χ1) is 11.3. The molecule has 134 valence electrons. The Morgan fingerprint density at radius 2 is 2.25 bits per heavy atom. The molecule has 0 unspecified atom stereocenters. The van der Waals surface area contributed by atoms with Crippen LogP contribution < -0.4 is 10.5 Å². The van der Waals surface area contributed by atoms with Crippen LogP contribution in [0.1, 0.15) is 43.5 Å². The van der Waals surface area contributed by atoms with Crippen LogP contribution in [-0.4, -0.2) is 49.3 Å². The molecule has 1 aliphatic heterocycles. The molecule has 1 amide bonds. The maximum Gasteiger partial charge on any atom is 0.253 e. The van der Waals surface area contributed by atoms with Gasteiger partial charge in [0.15, 0.2) is 0 Å². The lowest BCUT2D eigenvalue weighted by Gasteiger charge is -2.39. The second-order valence-electron chi connectivity index (χ2n) is 6.81. The van der Waals surface area contributed by atoms with Gasteiger partial charge in [-0.05, 0) is 57.9 Å². The van der Waals surface area contributed by atoms with Crippen LogP contribution in [0.4, 0.5) is 0 Å². The van der Waals surface area contributed by atoms with E-state index in [0.717, 1.165) is 19.3 Å². The molecule has 1 aromatic carbocycles. The van der Waals surface area contributed by atoms with E-state index in [1.165, 1.54) is 0 Å².